The fourth-order valence-electron chi connectivity index (χ4n) is 3.71. The van der Waals surface area contributed by atoms with Crippen LogP contribution in [0.25, 0.3) is 11.1 Å². The van der Waals surface area contributed by atoms with Crippen molar-refractivity contribution in [3.05, 3.63) is 53.2 Å². The molecule has 1 atom stereocenters. The monoisotopic (exact) mass is 490 g/mol. The van der Waals surface area contributed by atoms with Crippen LogP contribution in [-0.4, -0.2) is 33.1 Å². The van der Waals surface area contributed by atoms with Crippen molar-refractivity contribution < 1.29 is 19.0 Å². The van der Waals surface area contributed by atoms with E-state index < -0.39 is 11.9 Å². The summed E-state index contributed by atoms with van der Waals surface area (Å²) < 4.78 is 27.1. The van der Waals surface area contributed by atoms with E-state index in [2.05, 4.69) is 23.9 Å². The average Bonchev–Trinajstić information content (AvgIpc) is 3.28. The van der Waals surface area contributed by atoms with Crippen molar-refractivity contribution >= 4 is 17.4 Å². The van der Waals surface area contributed by atoms with Crippen LogP contribution in [0.5, 0.6) is 11.5 Å². The van der Waals surface area contributed by atoms with E-state index in [1.165, 1.54) is 12.5 Å². The molecule has 0 spiro atoms. The molecule has 1 aliphatic rings. The smallest absolute Gasteiger partial charge is 0.166 e. The van der Waals surface area contributed by atoms with Gasteiger partial charge in [0.2, 0.25) is 0 Å². The molecule has 4 rings (SSSR count). The molecule has 34 heavy (non-hydrogen) atoms. The molecule has 0 amide bonds. The molecule has 3 aromatic rings. The zero-order valence-corrected chi connectivity index (χ0v) is 20.6. The van der Waals surface area contributed by atoms with Crippen LogP contribution in [0.1, 0.15) is 51.7 Å². The topological polar surface area (TPSA) is 95.4 Å². The molecule has 1 fully saturated rings. The number of anilines is 1. The highest BCUT2D eigenvalue weighted by atomic mass is 35.5. The zero-order valence-electron chi connectivity index (χ0n) is 19.8. The number of aromatic hydroxyl groups is 1. The molecule has 1 unspecified atom stereocenters. The Kier molecular flexibility index (Phi) is 9.12. The maximum Gasteiger partial charge on any atom is 0.166 e. The maximum absolute atomic E-state index is 13.8. The lowest BCUT2D eigenvalue weighted by Gasteiger charge is -2.21. The zero-order chi connectivity index (χ0) is 24.7. The van der Waals surface area contributed by atoms with E-state index >= 15 is 0 Å². The summed E-state index contributed by atoms with van der Waals surface area (Å²) in [6.07, 6.45) is 7.95. The summed E-state index contributed by atoms with van der Waals surface area (Å²) in [4.78, 5) is 4.22. The number of benzene rings is 1. The summed E-state index contributed by atoms with van der Waals surface area (Å²) in [7, 11) is 0. The number of phenols is 1. The quantitative estimate of drug-likeness (QED) is 0.439. The number of hydrogen-bond donors (Lipinski definition) is 2. The summed E-state index contributed by atoms with van der Waals surface area (Å²) in [5.74, 6) is 0.242. The van der Waals surface area contributed by atoms with E-state index in [0.29, 0.717) is 11.7 Å². The van der Waals surface area contributed by atoms with Gasteiger partial charge in [-0.25, -0.2) is 9.37 Å². The first-order chi connectivity index (χ1) is 16.3. The van der Waals surface area contributed by atoms with Gasteiger partial charge < -0.3 is 20.3 Å². The second-order valence-corrected chi connectivity index (χ2v) is 8.75. The van der Waals surface area contributed by atoms with Gasteiger partial charge in [-0.2, -0.15) is 5.10 Å². The summed E-state index contributed by atoms with van der Waals surface area (Å²) >= 11 is 6.03. The van der Waals surface area contributed by atoms with E-state index in [-0.39, 0.29) is 22.2 Å². The molecule has 1 aliphatic heterocycles. The number of nitrogens with two attached hydrogens (primary N) is 1. The average molecular weight is 491 g/mol. The third kappa shape index (κ3) is 6.39. The van der Waals surface area contributed by atoms with E-state index in [0.717, 1.165) is 49.8 Å². The molecule has 3 heterocycles. The molecular weight excluding hydrogens is 459 g/mol. The number of phenolic OH excluding ortho intramolecular Hbond substituents is 1. The minimum Gasteiger partial charge on any atom is -0.507 e. The van der Waals surface area contributed by atoms with Gasteiger partial charge in [0.15, 0.2) is 11.6 Å². The Labute approximate surface area is 204 Å². The maximum atomic E-state index is 13.8. The van der Waals surface area contributed by atoms with E-state index in [1.807, 2.05) is 10.9 Å². The van der Waals surface area contributed by atoms with Crippen LogP contribution >= 0.6 is 11.6 Å². The first kappa shape index (κ1) is 25.8. The lowest BCUT2D eigenvalue weighted by atomic mass is 10.0. The number of aromatic nitrogens is 3. The van der Waals surface area contributed by atoms with Crippen LogP contribution in [0.3, 0.4) is 0 Å². The molecule has 2 aromatic heterocycles. The van der Waals surface area contributed by atoms with Crippen LogP contribution in [0.2, 0.25) is 5.02 Å². The number of rotatable bonds is 6. The van der Waals surface area contributed by atoms with Crippen molar-refractivity contribution in [1.82, 2.24) is 14.8 Å². The van der Waals surface area contributed by atoms with Gasteiger partial charge in [0.05, 0.1) is 16.8 Å². The molecule has 1 saturated heterocycles. The summed E-state index contributed by atoms with van der Waals surface area (Å²) in [5, 5.41) is 14.4. The predicted octanol–water partition coefficient (Wildman–Crippen LogP) is 6.01. The minimum atomic E-state index is -0.751. The minimum absolute atomic E-state index is 0.149. The highest BCUT2D eigenvalue weighted by Gasteiger charge is 2.21. The van der Waals surface area contributed by atoms with Crippen molar-refractivity contribution in [2.24, 2.45) is 5.92 Å². The highest BCUT2D eigenvalue weighted by molar-refractivity contribution is 6.31. The first-order valence-electron chi connectivity index (χ1n) is 11.5. The Morgan fingerprint density at radius 3 is 2.68 bits per heavy atom. The number of nitrogen functional groups attached to an aromatic ring is 1. The van der Waals surface area contributed by atoms with Gasteiger partial charge in [-0.15, -0.1) is 0 Å². The Balaban J connectivity index is 0.00000103. The second-order valence-electron chi connectivity index (χ2n) is 8.38. The van der Waals surface area contributed by atoms with E-state index in [9.17, 15) is 9.50 Å². The van der Waals surface area contributed by atoms with Gasteiger partial charge in [-0.3, -0.25) is 4.68 Å². The molecule has 0 bridgehead atoms. The van der Waals surface area contributed by atoms with Gasteiger partial charge in [0, 0.05) is 43.3 Å². The number of ether oxygens (including phenoxy) is 2. The van der Waals surface area contributed by atoms with E-state index in [1.54, 1.807) is 25.4 Å². The van der Waals surface area contributed by atoms with Crippen LogP contribution in [0, 0.1) is 11.7 Å². The Bertz CT molecular complexity index is 1090. The third-order valence-electron chi connectivity index (χ3n) is 5.45. The fourth-order valence-corrected chi connectivity index (χ4v) is 4.02. The lowest BCUT2D eigenvalue weighted by Crippen LogP contribution is -2.20. The summed E-state index contributed by atoms with van der Waals surface area (Å²) in [6, 6.07) is 4.09. The van der Waals surface area contributed by atoms with Crippen LogP contribution in [-0.2, 0) is 11.3 Å². The van der Waals surface area contributed by atoms with Crippen molar-refractivity contribution in [2.45, 2.75) is 52.7 Å². The second kappa shape index (κ2) is 12.0. The summed E-state index contributed by atoms with van der Waals surface area (Å²) in [6.45, 7) is 8.33. The molecule has 0 radical (unpaired) electrons. The molecule has 0 aliphatic carbocycles. The molecular formula is C25H32ClFN4O3. The Morgan fingerprint density at radius 1 is 1.26 bits per heavy atom. The molecule has 184 valence electrons. The number of pyridine rings is 1. The van der Waals surface area contributed by atoms with Crippen molar-refractivity contribution in [2.75, 3.05) is 18.9 Å². The number of halogens is 2. The van der Waals surface area contributed by atoms with Gasteiger partial charge in [-0.1, -0.05) is 31.9 Å². The van der Waals surface area contributed by atoms with Crippen molar-refractivity contribution in [3.63, 3.8) is 0 Å². The largest absolute Gasteiger partial charge is 0.507 e. The van der Waals surface area contributed by atoms with Gasteiger partial charge in [0.1, 0.15) is 17.7 Å². The Morgan fingerprint density at radius 2 is 1.97 bits per heavy atom. The number of hydrogen-bond acceptors (Lipinski definition) is 6. The van der Waals surface area contributed by atoms with E-state index in [4.69, 9.17) is 26.8 Å². The van der Waals surface area contributed by atoms with Crippen LogP contribution in [0.4, 0.5) is 10.2 Å². The standard InChI is InChI=1S/C22H24ClFN4O3.C3H8/c1-13(20-18(29)3-2-17(24)21(20)23)31-19-8-15(9-26-22(19)25)16-10-27-28(12-16)11-14-4-6-30-7-5-14;1-3-2/h2-3,8-10,12-14,29H,4-7,11H2,1H3,(H2,25,26);3H2,1-2H3. The predicted molar refractivity (Wildman–Crippen MR) is 131 cm³/mol. The van der Waals surface area contributed by atoms with Crippen LogP contribution in [0.15, 0.2) is 36.8 Å². The first-order valence-corrected chi connectivity index (χ1v) is 11.9. The molecule has 9 heteroatoms. The summed E-state index contributed by atoms with van der Waals surface area (Å²) in [5.41, 5.74) is 7.80. The van der Waals surface area contributed by atoms with Crippen LogP contribution < -0.4 is 10.5 Å². The highest BCUT2D eigenvalue weighted by Crippen LogP contribution is 2.37. The normalized spacial score (nSPS) is 14.9. The number of nitrogens with zero attached hydrogens (tertiary/aromatic N) is 3. The SMILES string of the molecule is CC(Oc1cc(-c2cnn(CC3CCOCC3)c2)cnc1N)c1c(O)ccc(F)c1Cl.CCC. The molecule has 1 aromatic carbocycles. The lowest BCUT2D eigenvalue weighted by molar-refractivity contribution is 0.0601. The fraction of sp³-hybridized carbons (Fsp3) is 0.440. The van der Waals surface area contributed by atoms with Gasteiger partial charge in [-0.05, 0) is 43.9 Å². The van der Waals surface area contributed by atoms with Gasteiger partial charge in [0.25, 0.3) is 0 Å². The van der Waals surface area contributed by atoms with Crippen molar-refractivity contribution in [3.8, 4) is 22.6 Å². The van der Waals surface area contributed by atoms with Crippen molar-refractivity contribution in [1.29, 1.82) is 0 Å². The Hall–Kier alpha value is -2.84. The third-order valence-corrected chi connectivity index (χ3v) is 5.84. The molecule has 0 saturated carbocycles. The molecule has 7 nitrogen and oxygen atoms in total. The van der Waals surface area contributed by atoms with Gasteiger partial charge >= 0.3 is 0 Å². The molecule has 3 N–H and O–H groups in total.